The summed E-state index contributed by atoms with van der Waals surface area (Å²) in [6, 6.07) is 14.0. The zero-order valence-corrected chi connectivity index (χ0v) is 21.1. The molecule has 36 heavy (non-hydrogen) atoms. The van der Waals surface area contributed by atoms with Crippen molar-refractivity contribution in [2.24, 2.45) is 0 Å². The minimum atomic E-state index is -3.58. The van der Waals surface area contributed by atoms with Gasteiger partial charge in [-0.1, -0.05) is 6.07 Å². The maximum absolute atomic E-state index is 12.7. The molecule has 0 fully saturated rings. The summed E-state index contributed by atoms with van der Waals surface area (Å²) in [5.74, 6) is 1.54. The van der Waals surface area contributed by atoms with Crippen molar-refractivity contribution in [2.75, 3.05) is 16.9 Å². The second kappa shape index (κ2) is 9.03. The highest BCUT2D eigenvalue weighted by Crippen LogP contribution is 2.34. The third kappa shape index (κ3) is 4.74. The number of nitrogens with one attached hydrogen (secondary N) is 3. The third-order valence-corrected chi connectivity index (χ3v) is 7.35. The lowest BCUT2D eigenvalue weighted by molar-refractivity contribution is 0.602. The zero-order valence-electron chi connectivity index (χ0n) is 19.5. The second-order valence-electron chi connectivity index (χ2n) is 8.12. The number of rotatable bonds is 6. The molecule has 0 spiro atoms. The van der Waals surface area contributed by atoms with Gasteiger partial charge in [-0.25, -0.2) is 28.4 Å². The summed E-state index contributed by atoms with van der Waals surface area (Å²) in [7, 11) is -3.58. The van der Waals surface area contributed by atoms with E-state index in [2.05, 4.69) is 35.6 Å². The van der Waals surface area contributed by atoms with Gasteiger partial charge in [0.05, 0.1) is 16.3 Å². The van der Waals surface area contributed by atoms with Gasteiger partial charge in [0, 0.05) is 29.0 Å². The molecule has 5 rings (SSSR count). The van der Waals surface area contributed by atoms with Crippen molar-refractivity contribution in [1.82, 2.24) is 24.9 Å². The first-order valence-electron chi connectivity index (χ1n) is 10.7. The fourth-order valence-electron chi connectivity index (χ4n) is 3.66. The van der Waals surface area contributed by atoms with Gasteiger partial charge >= 0.3 is 0 Å². The number of pyridine rings is 2. The number of anilines is 4. The number of aromatic nitrogens is 5. The molecule has 0 radical (unpaired) electrons. The Kier molecular flexibility index (Phi) is 5.87. The molecule has 3 N–H and O–H groups in total. The standard InChI is InChI=1S/C24H20N8O2S2/c1-13-12-35-24(26-13)15-7-8-17(19(9-15)36(3,33)34)30-18-10-21(32-23-22(18)27-14(2)28-23)31-20-6-4-5-16(11-25)29-20/h4-10,12H,1-3H3,(H3,27,28,29,30,31,32). The highest BCUT2D eigenvalue weighted by atomic mass is 32.2. The number of sulfone groups is 1. The lowest BCUT2D eigenvalue weighted by Crippen LogP contribution is -2.05. The number of thiazole rings is 1. The maximum Gasteiger partial charge on any atom is 0.177 e. The van der Waals surface area contributed by atoms with Crippen molar-refractivity contribution >= 4 is 55.3 Å². The predicted molar refractivity (Wildman–Crippen MR) is 140 cm³/mol. The van der Waals surface area contributed by atoms with Crippen LogP contribution < -0.4 is 10.6 Å². The highest BCUT2D eigenvalue weighted by molar-refractivity contribution is 7.90. The van der Waals surface area contributed by atoms with E-state index in [1.165, 1.54) is 17.6 Å². The molecule has 1 aromatic carbocycles. The van der Waals surface area contributed by atoms with E-state index in [9.17, 15) is 8.42 Å². The summed E-state index contributed by atoms with van der Waals surface area (Å²) in [6.07, 6.45) is 1.17. The van der Waals surface area contributed by atoms with Crippen molar-refractivity contribution in [2.45, 2.75) is 18.7 Å². The molecule has 0 bridgehead atoms. The molecule has 0 saturated heterocycles. The van der Waals surface area contributed by atoms with Gasteiger partial charge in [-0.3, -0.25) is 0 Å². The number of imidazole rings is 1. The van der Waals surface area contributed by atoms with E-state index in [0.717, 1.165) is 16.3 Å². The summed E-state index contributed by atoms with van der Waals surface area (Å²) in [6.45, 7) is 3.70. The Morgan fingerprint density at radius 1 is 0.972 bits per heavy atom. The van der Waals surface area contributed by atoms with Crippen LogP contribution in [0.25, 0.3) is 21.7 Å². The fourth-order valence-corrected chi connectivity index (χ4v) is 5.31. The van der Waals surface area contributed by atoms with E-state index >= 15 is 0 Å². The first-order chi connectivity index (χ1) is 17.2. The van der Waals surface area contributed by atoms with Gasteiger partial charge in [0.1, 0.15) is 39.7 Å². The van der Waals surface area contributed by atoms with E-state index in [1.807, 2.05) is 31.4 Å². The lowest BCUT2D eigenvalue weighted by Gasteiger charge is -2.14. The predicted octanol–water partition coefficient (Wildman–Crippen LogP) is 4.86. The van der Waals surface area contributed by atoms with Crippen molar-refractivity contribution in [3.63, 3.8) is 0 Å². The van der Waals surface area contributed by atoms with Gasteiger partial charge in [0.25, 0.3) is 0 Å². The number of H-pyrrole nitrogens is 1. The molecule has 5 aromatic rings. The van der Waals surface area contributed by atoms with E-state index in [0.29, 0.717) is 40.0 Å². The largest absolute Gasteiger partial charge is 0.352 e. The molecule has 0 unspecified atom stereocenters. The maximum atomic E-state index is 12.7. The monoisotopic (exact) mass is 516 g/mol. The molecule has 0 aliphatic heterocycles. The number of hydrogen-bond acceptors (Lipinski definition) is 10. The molecular weight excluding hydrogens is 496 g/mol. The zero-order chi connectivity index (χ0) is 25.4. The third-order valence-electron chi connectivity index (χ3n) is 5.21. The lowest BCUT2D eigenvalue weighted by atomic mass is 10.2. The molecule has 0 aliphatic rings. The minimum absolute atomic E-state index is 0.142. The Morgan fingerprint density at radius 3 is 2.53 bits per heavy atom. The highest BCUT2D eigenvalue weighted by Gasteiger charge is 2.19. The van der Waals surface area contributed by atoms with Crippen LogP contribution in [0.4, 0.5) is 23.0 Å². The summed E-state index contributed by atoms with van der Waals surface area (Å²) in [5.41, 5.74) is 3.87. The quantitative estimate of drug-likeness (QED) is 0.288. The smallest absolute Gasteiger partial charge is 0.177 e. The molecule has 0 saturated carbocycles. The van der Waals surface area contributed by atoms with E-state index in [-0.39, 0.29) is 10.6 Å². The number of hydrogen-bond donors (Lipinski definition) is 3. The van der Waals surface area contributed by atoms with Gasteiger partial charge in [0.15, 0.2) is 15.5 Å². The van der Waals surface area contributed by atoms with Gasteiger partial charge in [0.2, 0.25) is 0 Å². The summed E-state index contributed by atoms with van der Waals surface area (Å²) in [5, 5.41) is 18.1. The number of benzene rings is 1. The summed E-state index contributed by atoms with van der Waals surface area (Å²) < 4.78 is 25.5. The average Bonchev–Trinajstić information content (AvgIpc) is 3.43. The Morgan fingerprint density at radius 2 is 1.81 bits per heavy atom. The van der Waals surface area contributed by atoms with Crippen LogP contribution in [0.1, 0.15) is 17.2 Å². The van der Waals surface area contributed by atoms with Crippen molar-refractivity contribution < 1.29 is 8.42 Å². The molecule has 0 aliphatic carbocycles. The Hall–Kier alpha value is -4.34. The van der Waals surface area contributed by atoms with E-state index < -0.39 is 9.84 Å². The number of aryl methyl sites for hydroxylation is 2. The fraction of sp³-hybridized carbons (Fsp3) is 0.125. The van der Waals surface area contributed by atoms with E-state index in [4.69, 9.17) is 5.26 Å². The molecule has 4 aromatic heterocycles. The molecular formula is C24H20N8O2S2. The van der Waals surface area contributed by atoms with Crippen LogP contribution in [0.15, 0.2) is 52.7 Å². The van der Waals surface area contributed by atoms with Crippen LogP contribution in [0.3, 0.4) is 0 Å². The summed E-state index contributed by atoms with van der Waals surface area (Å²) in [4.78, 5) is 21.0. The molecule has 10 nitrogen and oxygen atoms in total. The first-order valence-corrected chi connectivity index (χ1v) is 13.5. The Balaban J connectivity index is 1.58. The van der Waals surface area contributed by atoms with Gasteiger partial charge < -0.3 is 15.6 Å². The molecule has 0 atom stereocenters. The molecule has 4 heterocycles. The topological polar surface area (TPSA) is 149 Å². The van der Waals surface area contributed by atoms with Gasteiger partial charge in [-0.05, 0) is 44.2 Å². The normalized spacial score (nSPS) is 11.4. The van der Waals surface area contributed by atoms with Crippen LogP contribution in [0, 0.1) is 25.2 Å². The molecule has 180 valence electrons. The molecule has 12 heteroatoms. The first kappa shape index (κ1) is 23.4. The average molecular weight is 517 g/mol. The second-order valence-corrected chi connectivity index (χ2v) is 11.0. The van der Waals surface area contributed by atoms with E-state index in [1.54, 1.807) is 36.4 Å². The van der Waals surface area contributed by atoms with Crippen LogP contribution in [0.2, 0.25) is 0 Å². The van der Waals surface area contributed by atoms with Crippen molar-refractivity contribution in [3.8, 4) is 16.6 Å². The number of fused-ring (bicyclic) bond motifs is 1. The van der Waals surface area contributed by atoms with Gasteiger partial charge in [-0.2, -0.15) is 5.26 Å². The summed E-state index contributed by atoms with van der Waals surface area (Å²) >= 11 is 1.46. The van der Waals surface area contributed by atoms with Crippen LogP contribution in [-0.4, -0.2) is 39.6 Å². The minimum Gasteiger partial charge on any atom is -0.352 e. The number of nitriles is 1. The molecule has 0 amide bonds. The van der Waals surface area contributed by atoms with Crippen LogP contribution >= 0.6 is 11.3 Å². The van der Waals surface area contributed by atoms with Crippen LogP contribution in [0.5, 0.6) is 0 Å². The Bertz CT molecular complexity index is 1770. The SMILES string of the molecule is Cc1csc(-c2ccc(Nc3cc(Nc4cccc(C#N)n4)nc4[nH]c(C)nc34)c(S(C)(=O)=O)c2)n1. The Labute approximate surface area is 211 Å². The number of nitrogens with zero attached hydrogens (tertiary/aromatic N) is 5. The van der Waals surface area contributed by atoms with Crippen LogP contribution in [-0.2, 0) is 9.84 Å². The van der Waals surface area contributed by atoms with Crippen molar-refractivity contribution in [3.05, 3.63) is 65.1 Å². The van der Waals surface area contributed by atoms with Crippen molar-refractivity contribution in [1.29, 1.82) is 5.26 Å². The number of aromatic amines is 1. The van der Waals surface area contributed by atoms with Gasteiger partial charge in [-0.15, -0.1) is 11.3 Å².